The second-order valence-corrected chi connectivity index (χ2v) is 7.10. The van der Waals surface area contributed by atoms with Crippen molar-refractivity contribution in [2.75, 3.05) is 18.2 Å². The van der Waals surface area contributed by atoms with Crippen molar-refractivity contribution in [1.82, 2.24) is 5.32 Å². The highest BCUT2D eigenvalue weighted by atomic mass is 16.7. The van der Waals surface area contributed by atoms with Gasteiger partial charge in [-0.05, 0) is 48.7 Å². The first-order valence-corrected chi connectivity index (χ1v) is 9.05. The number of benzene rings is 2. The third-order valence-corrected chi connectivity index (χ3v) is 5.05. The molecule has 6 nitrogen and oxygen atoms in total. The average Bonchev–Trinajstić information content (AvgIpc) is 3.27. The number of anilines is 1. The normalized spacial score (nSPS) is 18.1. The first-order valence-electron chi connectivity index (χ1n) is 9.05. The number of amides is 2. The van der Waals surface area contributed by atoms with E-state index in [1.165, 1.54) is 0 Å². The zero-order chi connectivity index (χ0) is 19.0. The SMILES string of the molecule is Cc1ccc(C)c(N2CC(C(=O)NCc3ccc4c(c3)OCO4)CC2=O)c1. The lowest BCUT2D eigenvalue weighted by molar-refractivity contribution is -0.126. The van der Waals surface area contributed by atoms with Crippen molar-refractivity contribution in [3.63, 3.8) is 0 Å². The second kappa shape index (κ2) is 6.95. The van der Waals surface area contributed by atoms with E-state index < -0.39 is 0 Å². The lowest BCUT2D eigenvalue weighted by Crippen LogP contribution is -2.32. The number of carbonyl (C=O) groups is 2. The molecule has 0 radical (unpaired) electrons. The van der Waals surface area contributed by atoms with Gasteiger partial charge in [-0.25, -0.2) is 0 Å². The molecule has 1 N–H and O–H groups in total. The molecule has 0 spiro atoms. The van der Waals surface area contributed by atoms with Crippen molar-refractivity contribution in [3.8, 4) is 11.5 Å². The van der Waals surface area contributed by atoms with Crippen LogP contribution in [0.2, 0.25) is 0 Å². The van der Waals surface area contributed by atoms with Crippen LogP contribution >= 0.6 is 0 Å². The average molecular weight is 366 g/mol. The standard InChI is InChI=1S/C21H22N2O4/c1-13-3-4-14(2)17(7-13)23-11-16(9-20(23)24)21(25)22-10-15-5-6-18-19(8-15)27-12-26-18/h3-8,16H,9-12H2,1-2H3,(H,22,25). The van der Waals surface area contributed by atoms with E-state index in [9.17, 15) is 9.59 Å². The monoisotopic (exact) mass is 366 g/mol. The van der Waals surface area contributed by atoms with Gasteiger partial charge in [0.25, 0.3) is 0 Å². The molecule has 2 amide bonds. The van der Waals surface area contributed by atoms with Crippen LogP contribution < -0.4 is 19.7 Å². The lowest BCUT2D eigenvalue weighted by atomic mass is 10.1. The summed E-state index contributed by atoms with van der Waals surface area (Å²) in [6, 6.07) is 11.6. The van der Waals surface area contributed by atoms with Gasteiger partial charge >= 0.3 is 0 Å². The number of rotatable bonds is 4. The van der Waals surface area contributed by atoms with E-state index in [0.717, 1.165) is 28.1 Å². The number of hydrogen-bond donors (Lipinski definition) is 1. The van der Waals surface area contributed by atoms with Crippen LogP contribution in [0.1, 0.15) is 23.1 Å². The Morgan fingerprint density at radius 2 is 1.96 bits per heavy atom. The molecule has 2 aromatic carbocycles. The molecule has 0 aliphatic carbocycles. The molecule has 1 atom stereocenters. The Morgan fingerprint density at radius 3 is 2.81 bits per heavy atom. The van der Waals surface area contributed by atoms with Gasteiger partial charge in [0.15, 0.2) is 11.5 Å². The molecule has 140 valence electrons. The van der Waals surface area contributed by atoms with Gasteiger partial charge in [-0.3, -0.25) is 9.59 Å². The summed E-state index contributed by atoms with van der Waals surface area (Å²) >= 11 is 0. The Labute approximate surface area is 158 Å². The highest BCUT2D eigenvalue weighted by molar-refractivity contribution is 6.00. The molecule has 2 aliphatic heterocycles. The van der Waals surface area contributed by atoms with Crippen molar-refractivity contribution in [2.24, 2.45) is 5.92 Å². The number of carbonyl (C=O) groups excluding carboxylic acids is 2. The molecule has 1 saturated heterocycles. The minimum Gasteiger partial charge on any atom is -0.454 e. The molecule has 6 heteroatoms. The van der Waals surface area contributed by atoms with Gasteiger partial charge in [0, 0.05) is 25.2 Å². The van der Waals surface area contributed by atoms with Gasteiger partial charge < -0.3 is 19.7 Å². The molecule has 1 unspecified atom stereocenters. The fraction of sp³-hybridized carbons (Fsp3) is 0.333. The molecule has 4 rings (SSSR count). The predicted molar refractivity (Wildman–Crippen MR) is 101 cm³/mol. The van der Waals surface area contributed by atoms with Crippen LogP contribution in [0.3, 0.4) is 0 Å². The summed E-state index contributed by atoms with van der Waals surface area (Å²) in [5.41, 5.74) is 3.96. The van der Waals surface area contributed by atoms with Gasteiger partial charge in [-0.15, -0.1) is 0 Å². The Hall–Kier alpha value is -3.02. The second-order valence-electron chi connectivity index (χ2n) is 7.10. The molecule has 0 saturated carbocycles. The zero-order valence-electron chi connectivity index (χ0n) is 15.5. The number of aryl methyl sites for hydroxylation is 2. The van der Waals surface area contributed by atoms with Crippen LogP contribution in [-0.2, 0) is 16.1 Å². The maximum absolute atomic E-state index is 12.6. The van der Waals surface area contributed by atoms with Crippen LogP contribution in [0, 0.1) is 19.8 Å². The van der Waals surface area contributed by atoms with Gasteiger partial charge in [0.1, 0.15) is 0 Å². The van der Waals surface area contributed by atoms with Gasteiger partial charge in [0.2, 0.25) is 18.6 Å². The molecule has 0 aromatic heterocycles. The molecular weight excluding hydrogens is 344 g/mol. The summed E-state index contributed by atoms with van der Waals surface area (Å²) in [6.45, 7) is 5.01. The van der Waals surface area contributed by atoms with E-state index in [-0.39, 0.29) is 30.9 Å². The largest absolute Gasteiger partial charge is 0.454 e. The maximum Gasteiger partial charge on any atom is 0.231 e. The van der Waals surface area contributed by atoms with Crippen LogP contribution in [0.25, 0.3) is 0 Å². The fourth-order valence-corrected chi connectivity index (χ4v) is 3.51. The zero-order valence-corrected chi connectivity index (χ0v) is 15.5. The number of fused-ring (bicyclic) bond motifs is 1. The molecule has 2 aromatic rings. The van der Waals surface area contributed by atoms with E-state index in [0.29, 0.717) is 18.8 Å². The van der Waals surface area contributed by atoms with Crippen molar-refractivity contribution in [2.45, 2.75) is 26.8 Å². The number of nitrogens with zero attached hydrogens (tertiary/aromatic N) is 1. The minimum absolute atomic E-state index is 0.00747. The number of hydrogen-bond acceptors (Lipinski definition) is 4. The minimum atomic E-state index is -0.341. The smallest absolute Gasteiger partial charge is 0.231 e. The Balaban J connectivity index is 1.40. The summed E-state index contributed by atoms with van der Waals surface area (Å²) < 4.78 is 10.6. The molecule has 2 aliphatic rings. The number of ether oxygens (including phenoxy) is 2. The highest BCUT2D eigenvalue weighted by Crippen LogP contribution is 2.32. The summed E-state index contributed by atoms with van der Waals surface area (Å²) in [5, 5.41) is 2.94. The summed E-state index contributed by atoms with van der Waals surface area (Å²) in [7, 11) is 0. The van der Waals surface area contributed by atoms with E-state index >= 15 is 0 Å². The molecule has 27 heavy (non-hydrogen) atoms. The first-order chi connectivity index (χ1) is 13.0. The van der Waals surface area contributed by atoms with E-state index in [2.05, 4.69) is 5.32 Å². The van der Waals surface area contributed by atoms with Crippen molar-refractivity contribution >= 4 is 17.5 Å². The van der Waals surface area contributed by atoms with Crippen molar-refractivity contribution < 1.29 is 19.1 Å². The van der Waals surface area contributed by atoms with E-state index in [1.807, 2.05) is 50.2 Å². The van der Waals surface area contributed by atoms with Crippen molar-refractivity contribution in [3.05, 3.63) is 53.1 Å². The Kier molecular flexibility index (Phi) is 4.48. The Bertz CT molecular complexity index is 909. The third-order valence-electron chi connectivity index (χ3n) is 5.05. The summed E-state index contributed by atoms with van der Waals surface area (Å²) in [4.78, 5) is 26.8. The van der Waals surface area contributed by atoms with Crippen LogP contribution in [-0.4, -0.2) is 25.2 Å². The van der Waals surface area contributed by atoms with Crippen LogP contribution in [0.5, 0.6) is 11.5 Å². The summed E-state index contributed by atoms with van der Waals surface area (Å²) in [6.07, 6.45) is 0.236. The van der Waals surface area contributed by atoms with Gasteiger partial charge in [-0.2, -0.15) is 0 Å². The van der Waals surface area contributed by atoms with E-state index in [4.69, 9.17) is 9.47 Å². The lowest BCUT2D eigenvalue weighted by Gasteiger charge is -2.19. The summed E-state index contributed by atoms with van der Waals surface area (Å²) in [5.74, 6) is 0.960. The van der Waals surface area contributed by atoms with Crippen molar-refractivity contribution in [1.29, 1.82) is 0 Å². The maximum atomic E-state index is 12.6. The fourth-order valence-electron chi connectivity index (χ4n) is 3.51. The quantitative estimate of drug-likeness (QED) is 0.903. The van der Waals surface area contributed by atoms with Crippen LogP contribution in [0.15, 0.2) is 36.4 Å². The Morgan fingerprint density at radius 1 is 1.15 bits per heavy atom. The van der Waals surface area contributed by atoms with Gasteiger partial charge in [-0.1, -0.05) is 18.2 Å². The molecular formula is C21H22N2O4. The molecule has 2 heterocycles. The first kappa shape index (κ1) is 17.4. The molecule has 1 fully saturated rings. The highest BCUT2D eigenvalue weighted by Gasteiger charge is 2.35. The van der Waals surface area contributed by atoms with Crippen LogP contribution in [0.4, 0.5) is 5.69 Å². The van der Waals surface area contributed by atoms with E-state index in [1.54, 1.807) is 4.90 Å². The topological polar surface area (TPSA) is 67.9 Å². The third kappa shape index (κ3) is 3.47. The van der Waals surface area contributed by atoms with Gasteiger partial charge in [0.05, 0.1) is 5.92 Å². The molecule has 0 bridgehead atoms. The number of nitrogens with one attached hydrogen (secondary N) is 1. The predicted octanol–water partition coefficient (Wildman–Crippen LogP) is 2.70.